The first kappa shape index (κ1) is 17.9. The van der Waals surface area contributed by atoms with Gasteiger partial charge in [0.15, 0.2) is 0 Å². The van der Waals surface area contributed by atoms with E-state index in [2.05, 4.69) is 10.6 Å². The zero-order valence-corrected chi connectivity index (χ0v) is 13.5. The molecule has 1 aliphatic carbocycles. The molecule has 1 saturated carbocycles. The largest absolute Gasteiger partial charge is 0.481 e. The van der Waals surface area contributed by atoms with Crippen LogP contribution in [0.4, 0.5) is 4.79 Å². The fourth-order valence-corrected chi connectivity index (χ4v) is 3.41. The van der Waals surface area contributed by atoms with Gasteiger partial charge >= 0.3 is 12.0 Å². The molecule has 0 aromatic rings. The summed E-state index contributed by atoms with van der Waals surface area (Å²) >= 11 is 0. The summed E-state index contributed by atoms with van der Waals surface area (Å²) < 4.78 is 11.2. The lowest BCUT2D eigenvalue weighted by Crippen LogP contribution is -2.45. The maximum absolute atomic E-state index is 11.7. The topological polar surface area (TPSA) is 95.5 Å². The molecule has 1 aliphatic rings. The van der Waals surface area contributed by atoms with Gasteiger partial charge in [-0.15, -0.1) is 0 Å². The van der Waals surface area contributed by atoms with Crippen molar-refractivity contribution in [1.82, 2.24) is 10.6 Å². The third-order valence-electron chi connectivity index (χ3n) is 4.00. The van der Waals surface area contributed by atoms with Crippen LogP contribution in [0.1, 0.15) is 45.4 Å². The fourth-order valence-electron chi connectivity index (χ4n) is 2.79. The van der Waals surface area contributed by atoms with Gasteiger partial charge < -0.3 is 15.7 Å². The van der Waals surface area contributed by atoms with Crippen LogP contribution in [0.25, 0.3) is 0 Å². The van der Waals surface area contributed by atoms with Gasteiger partial charge in [0.05, 0.1) is 6.42 Å². The molecule has 0 aromatic heterocycles. The Morgan fingerprint density at radius 2 is 1.86 bits per heavy atom. The van der Waals surface area contributed by atoms with E-state index < -0.39 is 16.8 Å². The van der Waals surface area contributed by atoms with E-state index in [0.717, 1.165) is 32.1 Å². The van der Waals surface area contributed by atoms with Gasteiger partial charge in [-0.3, -0.25) is 9.00 Å². The highest BCUT2D eigenvalue weighted by Crippen LogP contribution is 2.38. The normalized spacial score (nSPS) is 18.7. The average molecular weight is 318 g/mol. The molecule has 6 nitrogen and oxygen atoms in total. The second-order valence-corrected chi connectivity index (χ2v) is 7.54. The van der Waals surface area contributed by atoms with Crippen LogP contribution < -0.4 is 10.6 Å². The first-order chi connectivity index (χ1) is 9.97. The van der Waals surface area contributed by atoms with E-state index in [0.29, 0.717) is 24.6 Å². The molecule has 0 heterocycles. The van der Waals surface area contributed by atoms with Crippen molar-refractivity contribution >= 4 is 22.8 Å². The van der Waals surface area contributed by atoms with Crippen LogP contribution >= 0.6 is 0 Å². The Labute approximate surface area is 128 Å². The first-order valence-corrected chi connectivity index (χ1v) is 9.05. The van der Waals surface area contributed by atoms with Crippen LogP contribution in [0.15, 0.2) is 0 Å². The van der Waals surface area contributed by atoms with Gasteiger partial charge in [-0.05, 0) is 18.3 Å². The van der Waals surface area contributed by atoms with Crippen molar-refractivity contribution in [2.45, 2.75) is 45.4 Å². The Hall–Kier alpha value is -1.11. The van der Waals surface area contributed by atoms with Crippen molar-refractivity contribution in [3.8, 4) is 0 Å². The summed E-state index contributed by atoms with van der Waals surface area (Å²) in [4.78, 5) is 22.8. The zero-order chi connectivity index (χ0) is 15.7. The van der Waals surface area contributed by atoms with E-state index in [1.807, 2.05) is 6.92 Å². The van der Waals surface area contributed by atoms with E-state index in [9.17, 15) is 13.8 Å². The minimum Gasteiger partial charge on any atom is -0.481 e. The molecule has 122 valence electrons. The maximum Gasteiger partial charge on any atom is 0.314 e. The Morgan fingerprint density at radius 1 is 1.19 bits per heavy atom. The molecule has 0 radical (unpaired) electrons. The number of aliphatic carboxylic acids is 1. The lowest BCUT2D eigenvalue weighted by Gasteiger charge is -2.36. The Morgan fingerprint density at radius 3 is 2.43 bits per heavy atom. The second kappa shape index (κ2) is 9.02. The van der Waals surface area contributed by atoms with Crippen molar-refractivity contribution < 1.29 is 18.9 Å². The summed E-state index contributed by atoms with van der Waals surface area (Å²) in [6.45, 7) is 2.61. The minimum absolute atomic E-state index is 0.104. The van der Waals surface area contributed by atoms with Crippen LogP contribution in [0.5, 0.6) is 0 Å². The van der Waals surface area contributed by atoms with Gasteiger partial charge in [-0.1, -0.05) is 26.2 Å². The van der Waals surface area contributed by atoms with Crippen LogP contribution in [0.2, 0.25) is 0 Å². The Bertz CT molecular complexity index is 381. The molecule has 1 fully saturated rings. The number of nitrogens with one attached hydrogen (secondary N) is 2. The van der Waals surface area contributed by atoms with Gasteiger partial charge in [0, 0.05) is 35.4 Å². The SMILES string of the molecule is CCS(=O)CCNC(=O)NCC1(CC(=O)O)CCCCC1. The average Bonchev–Trinajstić information content (AvgIpc) is 2.45. The van der Waals surface area contributed by atoms with Gasteiger partial charge in [0.2, 0.25) is 0 Å². The predicted molar refractivity (Wildman–Crippen MR) is 82.7 cm³/mol. The molecule has 21 heavy (non-hydrogen) atoms. The van der Waals surface area contributed by atoms with Crippen molar-refractivity contribution in [3.63, 3.8) is 0 Å². The molecule has 2 amide bonds. The minimum atomic E-state index is -0.888. The molecule has 1 rings (SSSR count). The molecule has 0 bridgehead atoms. The van der Waals surface area contributed by atoms with Crippen LogP contribution in [-0.2, 0) is 15.6 Å². The lowest BCUT2D eigenvalue weighted by molar-refractivity contribution is -0.140. The highest BCUT2D eigenvalue weighted by Gasteiger charge is 2.34. The molecule has 0 spiro atoms. The van der Waals surface area contributed by atoms with Crippen LogP contribution in [0.3, 0.4) is 0 Å². The Kier molecular flexibility index (Phi) is 7.71. The number of amides is 2. The lowest BCUT2D eigenvalue weighted by atomic mass is 9.72. The summed E-state index contributed by atoms with van der Waals surface area (Å²) in [5.74, 6) is 0.229. The number of hydrogen-bond acceptors (Lipinski definition) is 3. The summed E-state index contributed by atoms with van der Waals surface area (Å²) in [5.41, 5.74) is -0.312. The smallest absolute Gasteiger partial charge is 0.314 e. The highest BCUT2D eigenvalue weighted by molar-refractivity contribution is 7.84. The summed E-state index contributed by atoms with van der Waals surface area (Å²) in [6.07, 6.45) is 4.97. The molecule has 1 atom stereocenters. The molecule has 0 aromatic carbocycles. The highest BCUT2D eigenvalue weighted by atomic mass is 32.2. The van der Waals surface area contributed by atoms with Crippen LogP contribution in [0, 0.1) is 5.41 Å². The van der Waals surface area contributed by atoms with E-state index in [1.54, 1.807) is 0 Å². The van der Waals surface area contributed by atoms with E-state index in [1.165, 1.54) is 0 Å². The monoisotopic (exact) mass is 318 g/mol. The molecule has 1 unspecified atom stereocenters. The number of carboxylic acid groups (broad SMARTS) is 1. The number of carboxylic acids is 1. The summed E-state index contributed by atoms with van der Waals surface area (Å²) in [5, 5.41) is 14.5. The second-order valence-electron chi connectivity index (χ2n) is 5.67. The van der Waals surface area contributed by atoms with Crippen molar-refractivity contribution in [1.29, 1.82) is 0 Å². The van der Waals surface area contributed by atoms with Crippen LogP contribution in [-0.4, -0.2) is 45.9 Å². The van der Waals surface area contributed by atoms with E-state index in [4.69, 9.17) is 5.11 Å². The Balaban J connectivity index is 2.36. The molecular formula is C14H26N2O4S. The van der Waals surface area contributed by atoms with Crippen molar-refractivity contribution in [2.24, 2.45) is 5.41 Å². The standard InChI is InChI=1S/C14H26N2O4S/c1-2-21(20)9-8-15-13(19)16-11-14(10-12(17)18)6-4-3-5-7-14/h2-11H2,1H3,(H,17,18)(H2,15,16,19). The number of hydrogen-bond donors (Lipinski definition) is 3. The fraction of sp³-hybridized carbons (Fsp3) is 0.857. The predicted octanol–water partition coefficient (Wildman–Crippen LogP) is 1.48. The van der Waals surface area contributed by atoms with Crippen molar-refractivity contribution in [2.75, 3.05) is 24.6 Å². The van der Waals surface area contributed by atoms with Crippen molar-refractivity contribution in [3.05, 3.63) is 0 Å². The van der Waals surface area contributed by atoms with E-state index in [-0.39, 0.29) is 17.9 Å². The summed E-state index contributed by atoms with van der Waals surface area (Å²) in [7, 11) is -0.888. The number of carbonyl (C=O) groups is 2. The maximum atomic E-state index is 11.7. The molecule has 3 N–H and O–H groups in total. The first-order valence-electron chi connectivity index (χ1n) is 7.56. The number of rotatable bonds is 8. The van der Waals surface area contributed by atoms with Gasteiger partial charge in [0.1, 0.15) is 0 Å². The zero-order valence-electron chi connectivity index (χ0n) is 12.7. The van der Waals surface area contributed by atoms with Gasteiger partial charge in [-0.2, -0.15) is 0 Å². The number of carbonyl (C=O) groups excluding carboxylic acids is 1. The molecule has 0 aliphatic heterocycles. The van der Waals surface area contributed by atoms with Gasteiger partial charge in [-0.25, -0.2) is 4.79 Å². The molecular weight excluding hydrogens is 292 g/mol. The quantitative estimate of drug-likeness (QED) is 0.631. The number of urea groups is 1. The van der Waals surface area contributed by atoms with E-state index >= 15 is 0 Å². The molecule has 0 saturated heterocycles. The van der Waals surface area contributed by atoms with Gasteiger partial charge in [0.25, 0.3) is 0 Å². The third-order valence-corrected chi connectivity index (χ3v) is 5.31. The summed E-state index contributed by atoms with van der Waals surface area (Å²) in [6, 6.07) is -0.307. The molecule has 7 heteroatoms. The third kappa shape index (κ3) is 6.93.